The van der Waals surface area contributed by atoms with Crippen molar-refractivity contribution >= 4 is 23.4 Å². The van der Waals surface area contributed by atoms with E-state index >= 15 is 0 Å². The van der Waals surface area contributed by atoms with Gasteiger partial charge in [0.2, 0.25) is 0 Å². The first-order valence-corrected chi connectivity index (χ1v) is 5.15. The SMILES string of the molecule is Cc1ccc(S[C@@H](Cl)C(F)(F)F)cc1. The van der Waals surface area contributed by atoms with Crippen LogP contribution in [-0.4, -0.2) is 10.9 Å². The van der Waals surface area contributed by atoms with Gasteiger partial charge in [-0.25, -0.2) is 0 Å². The Labute approximate surface area is 89.4 Å². The number of hydrogen-bond donors (Lipinski definition) is 0. The summed E-state index contributed by atoms with van der Waals surface area (Å²) in [6.45, 7) is 1.87. The first kappa shape index (κ1) is 11.7. The van der Waals surface area contributed by atoms with E-state index in [1.807, 2.05) is 6.92 Å². The predicted molar refractivity (Wildman–Crippen MR) is 52.7 cm³/mol. The normalized spacial score (nSPS) is 14.1. The van der Waals surface area contributed by atoms with Crippen molar-refractivity contribution in [3.8, 4) is 0 Å². The van der Waals surface area contributed by atoms with Crippen molar-refractivity contribution in [3.05, 3.63) is 29.8 Å². The molecule has 1 atom stereocenters. The van der Waals surface area contributed by atoms with E-state index in [4.69, 9.17) is 11.6 Å². The molecule has 0 aliphatic heterocycles. The van der Waals surface area contributed by atoms with Crippen LogP contribution >= 0.6 is 23.4 Å². The summed E-state index contributed by atoms with van der Waals surface area (Å²) in [5.74, 6) is 0. The van der Waals surface area contributed by atoms with Crippen LogP contribution < -0.4 is 0 Å². The third-order valence-corrected chi connectivity index (χ3v) is 3.05. The van der Waals surface area contributed by atoms with Crippen LogP contribution in [0, 0.1) is 6.92 Å². The lowest BCUT2D eigenvalue weighted by atomic mass is 10.2. The fraction of sp³-hybridized carbons (Fsp3) is 0.333. The Hall–Kier alpha value is -0.350. The highest BCUT2D eigenvalue weighted by Crippen LogP contribution is 2.37. The van der Waals surface area contributed by atoms with Gasteiger partial charge in [-0.2, -0.15) is 13.2 Å². The second kappa shape index (κ2) is 4.45. The van der Waals surface area contributed by atoms with Crippen molar-refractivity contribution in [1.82, 2.24) is 0 Å². The number of aryl methyl sites for hydroxylation is 1. The molecule has 5 heteroatoms. The summed E-state index contributed by atoms with van der Waals surface area (Å²) in [7, 11) is 0. The van der Waals surface area contributed by atoms with Gasteiger partial charge in [0.05, 0.1) is 0 Å². The van der Waals surface area contributed by atoms with E-state index in [2.05, 4.69) is 0 Å². The molecule has 0 radical (unpaired) electrons. The minimum absolute atomic E-state index is 0.521. The summed E-state index contributed by atoms with van der Waals surface area (Å²) >= 11 is 5.77. The molecule has 0 heterocycles. The monoisotopic (exact) mass is 240 g/mol. The van der Waals surface area contributed by atoms with Gasteiger partial charge >= 0.3 is 6.18 Å². The van der Waals surface area contributed by atoms with Crippen LogP contribution in [0.15, 0.2) is 29.2 Å². The number of alkyl halides is 4. The zero-order valence-electron chi connectivity index (χ0n) is 7.31. The fourth-order valence-corrected chi connectivity index (χ4v) is 1.78. The summed E-state index contributed by atoms with van der Waals surface area (Å²) < 4.78 is 34.3. The van der Waals surface area contributed by atoms with E-state index in [1.54, 1.807) is 24.3 Å². The van der Waals surface area contributed by atoms with Gasteiger partial charge in [0.15, 0.2) is 4.71 Å². The largest absolute Gasteiger partial charge is 0.414 e. The van der Waals surface area contributed by atoms with Crippen molar-refractivity contribution in [2.75, 3.05) is 0 Å². The lowest BCUT2D eigenvalue weighted by molar-refractivity contribution is -0.113. The maximum Gasteiger partial charge on any atom is 0.414 e. The van der Waals surface area contributed by atoms with Crippen molar-refractivity contribution in [1.29, 1.82) is 0 Å². The van der Waals surface area contributed by atoms with Gasteiger partial charge in [-0.05, 0) is 19.1 Å². The number of rotatable bonds is 2. The molecule has 0 nitrogen and oxygen atoms in total. The van der Waals surface area contributed by atoms with Crippen LogP contribution in [0.25, 0.3) is 0 Å². The molecule has 0 saturated heterocycles. The average molecular weight is 241 g/mol. The maximum atomic E-state index is 12.1. The smallest absolute Gasteiger partial charge is 0.168 e. The van der Waals surface area contributed by atoms with Crippen LogP contribution in [-0.2, 0) is 0 Å². The molecular weight excluding hydrogens is 233 g/mol. The Morgan fingerprint density at radius 3 is 2.14 bits per heavy atom. The van der Waals surface area contributed by atoms with Crippen molar-refractivity contribution in [2.24, 2.45) is 0 Å². The van der Waals surface area contributed by atoms with Gasteiger partial charge in [0.1, 0.15) is 0 Å². The minimum atomic E-state index is -4.36. The highest BCUT2D eigenvalue weighted by Gasteiger charge is 2.38. The lowest BCUT2D eigenvalue weighted by Crippen LogP contribution is -2.19. The molecule has 0 N–H and O–H groups in total. The quantitative estimate of drug-likeness (QED) is 0.551. The minimum Gasteiger partial charge on any atom is -0.168 e. The van der Waals surface area contributed by atoms with Gasteiger partial charge in [-0.1, -0.05) is 29.5 Å². The highest BCUT2D eigenvalue weighted by atomic mass is 35.5. The fourth-order valence-electron chi connectivity index (χ4n) is 0.803. The zero-order chi connectivity index (χ0) is 10.8. The molecule has 0 unspecified atom stereocenters. The molecule has 0 spiro atoms. The second-order valence-electron chi connectivity index (χ2n) is 2.79. The van der Waals surface area contributed by atoms with Gasteiger partial charge in [-0.3, -0.25) is 0 Å². The standard InChI is InChI=1S/C9H8ClF3S/c1-6-2-4-7(5-3-6)14-8(10)9(11,12)13/h2-5,8H,1H3/t8-/m1/s1. The van der Waals surface area contributed by atoms with Gasteiger partial charge in [-0.15, -0.1) is 11.6 Å². The molecule has 0 aliphatic rings. The zero-order valence-corrected chi connectivity index (χ0v) is 8.88. The van der Waals surface area contributed by atoms with Gasteiger partial charge < -0.3 is 0 Å². The first-order valence-electron chi connectivity index (χ1n) is 3.84. The van der Waals surface area contributed by atoms with E-state index in [0.29, 0.717) is 16.7 Å². The van der Waals surface area contributed by atoms with E-state index in [0.717, 1.165) is 5.56 Å². The van der Waals surface area contributed by atoms with E-state index < -0.39 is 10.9 Å². The molecule has 1 aromatic carbocycles. The van der Waals surface area contributed by atoms with E-state index in [-0.39, 0.29) is 0 Å². The highest BCUT2D eigenvalue weighted by molar-refractivity contribution is 8.01. The number of thioether (sulfide) groups is 1. The summed E-state index contributed by atoms with van der Waals surface area (Å²) in [5.41, 5.74) is 1.01. The van der Waals surface area contributed by atoms with Crippen LogP contribution in [0.4, 0.5) is 13.2 Å². The molecule has 0 fully saturated rings. The Balaban J connectivity index is 2.65. The Bertz CT molecular complexity index is 294. The molecule has 0 bridgehead atoms. The average Bonchev–Trinajstić information content (AvgIpc) is 2.07. The van der Waals surface area contributed by atoms with Crippen molar-refractivity contribution in [3.63, 3.8) is 0 Å². The topological polar surface area (TPSA) is 0 Å². The second-order valence-corrected chi connectivity index (χ2v) is 4.66. The molecule has 14 heavy (non-hydrogen) atoms. The molecule has 0 aromatic heterocycles. The van der Waals surface area contributed by atoms with Gasteiger partial charge in [0.25, 0.3) is 0 Å². The molecule has 0 amide bonds. The van der Waals surface area contributed by atoms with Crippen molar-refractivity contribution in [2.45, 2.75) is 22.7 Å². The molecule has 0 aliphatic carbocycles. The van der Waals surface area contributed by atoms with Crippen LogP contribution in [0.3, 0.4) is 0 Å². The summed E-state index contributed by atoms with van der Waals surface area (Å²) in [5, 5.41) is 0. The summed E-state index contributed by atoms with van der Waals surface area (Å²) in [4.78, 5) is 0.521. The molecule has 1 aromatic rings. The molecule has 78 valence electrons. The Morgan fingerprint density at radius 2 is 1.71 bits per heavy atom. The molecule has 1 rings (SSSR count). The third-order valence-electron chi connectivity index (χ3n) is 1.52. The van der Waals surface area contributed by atoms with Crippen LogP contribution in [0.5, 0.6) is 0 Å². The predicted octanol–water partition coefficient (Wildman–Crippen LogP) is 4.21. The van der Waals surface area contributed by atoms with E-state index in [1.165, 1.54) is 0 Å². The molecular formula is C9H8ClF3S. The first-order chi connectivity index (χ1) is 6.39. The van der Waals surface area contributed by atoms with Crippen LogP contribution in [0.1, 0.15) is 5.56 Å². The third kappa shape index (κ3) is 3.42. The van der Waals surface area contributed by atoms with Crippen molar-refractivity contribution < 1.29 is 13.2 Å². The number of halogens is 4. The Kier molecular flexibility index (Phi) is 3.72. The lowest BCUT2D eigenvalue weighted by Gasteiger charge is -2.12. The molecule has 0 saturated carbocycles. The summed E-state index contributed by atoms with van der Waals surface area (Å²) in [6.07, 6.45) is -4.36. The number of benzene rings is 1. The number of hydrogen-bond acceptors (Lipinski definition) is 1. The van der Waals surface area contributed by atoms with Crippen LogP contribution in [0.2, 0.25) is 0 Å². The maximum absolute atomic E-state index is 12.1. The van der Waals surface area contributed by atoms with E-state index in [9.17, 15) is 13.2 Å². The summed E-state index contributed by atoms with van der Waals surface area (Å²) in [6, 6.07) is 6.76. The van der Waals surface area contributed by atoms with Gasteiger partial charge in [0, 0.05) is 4.90 Å². The Morgan fingerprint density at radius 1 is 1.21 bits per heavy atom.